The van der Waals surface area contributed by atoms with E-state index in [0.717, 1.165) is 12.3 Å². The third kappa shape index (κ3) is 4.16. The van der Waals surface area contributed by atoms with Gasteiger partial charge in [-0.1, -0.05) is 13.8 Å². The molecule has 0 atom stereocenters. The highest BCUT2D eigenvalue weighted by molar-refractivity contribution is 7.10. The third-order valence-corrected chi connectivity index (χ3v) is 4.22. The zero-order chi connectivity index (χ0) is 14.6. The molecule has 0 saturated heterocycles. The lowest BCUT2D eigenvalue weighted by atomic mass is 9.97. The second-order valence-electron chi connectivity index (χ2n) is 5.83. The number of oxazole rings is 1. The Morgan fingerprint density at radius 3 is 2.80 bits per heavy atom. The van der Waals surface area contributed by atoms with Crippen LogP contribution >= 0.6 is 11.3 Å². The maximum atomic E-state index is 5.31. The van der Waals surface area contributed by atoms with Gasteiger partial charge in [-0.05, 0) is 30.9 Å². The molecule has 0 aliphatic heterocycles. The molecular formula is C15H24N3OS+. The van der Waals surface area contributed by atoms with Gasteiger partial charge in [0.1, 0.15) is 0 Å². The summed E-state index contributed by atoms with van der Waals surface area (Å²) in [6.07, 6.45) is 3.46. The zero-order valence-electron chi connectivity index (χ0n) is 12.6. The average molecular weight is 294 g/mol. The molecule has 0 bridgehead atoms. The summed E-state index contributed by atoms with van der Waals surface area (Å²) in [7, 11) is 0. The summed E-state index contributed by atoms with van der Waals surface area (Å²) >= 11 is 1.81. The summed E-state index contributed by atoms with van der Waals surface area (Å²) < 4.78 is 5.31. The van der Waals surface area contributed by atoms with Crippen LogP contribution in [0.4, 0.5) is 0 Å². The third-order valence-electron chi connectivity index (χ3n) is 3.29. The minimum atomic E-state index is -0.0701. The number of thiophene rings is 1. The number of aromatic nitrogens is 1. The summed E-state index contributed by atoms with van der Waals surface area (Å²) in [6, 6.07) is 2.79. The minimum Gasteiger partial charge on any atom is -0.408 e. The molecule has 0 aliphatic rings. The molecule has 2 aromatic heterocycles. The second kappa shape index (κ2) is 6.52. The van der Waals surface area contributed by atoms with Crippen LogP contribution in [0.15, 0.2) is 28.5 Å². The molecule has 110 valence electrons. The highest BCUT2D eigenvalue weighted by Crippen LogP contribution is 2.26. The fourth-order valence-electron chi connectivity index (χ4n) is 1.88. The van der Waals surface area contributed by atoms with Gasteiger partial charge in [-0.25, -0.2) is 0 Å². The van der Waals surface area contributed by atoms with Crippen molar-refractivity contribution in [3.05, 3.63) is 40.2 Å². The summed E-state index contributed by atoms with van der Waals surface area (Å²) in [4.78, 5) is 4.29. The molecule has 0 amide bonds. The van der Waals surface area contributed by atoms with Gasteiger partial charge in [0.05, 0.1) is 6.54 Å². The first-order chi connectivity index (χ1) is 9.47. The van der Waals surface area contributed by atoms with Gasteiger partial charge in [-0.3, -0.25) is 0 Å². The predicted octanol–water partition coefficient (Wildman–Crippen LogP) is 2.68. The van der Waals surface area contributed by atoms with E-state index < -0.39 is 0 Å². The summed E-state index contributed by atoms with van der Waals surface area (Å²) in [6.45, 7) is 10.4. The normalized spacial score (nSPS) is 12.2. The Kier molecular flexibility index (Phi) is 4.96. The first-order valence-electron chi connectivity index (χ1n) is 6.97. The Labute approximate surface area is 124 Å². The molecule has 0 saturated carbocycles. The van der Waals surface area contributed by atoms with E-state index in [-0.39, 0.29) is 5.54 Å². The van der Waals surface area contributed by atoms with E-state index in [1.54, 1.807) is 6.39 Å². The van der Waals surface area contributed by atoms with Crippen molar-refractivity contribution in [1.29, 1.82) is 0 Å². The fourth-order valence-corrected chi connectivity index (χ4v) is 2.88. The van der Waals surface area contributed by atoms with Crippen molar-refractivity contribution in [3.63, 3.8) is 0 Å². The molecule has 3 N–H and O–H groups in total. The maximum absolute atomic E-state index is 5.31. The largest absolute Gasteiger partial charge is 0.408 e. The summed E-state index contributed by atoms with van der Waals surface area (Å²) in [5, 5.41) is 9.21. The Morgan fingerprint density at radius 1 is 1.35 bits per heavy atom. The minimum absolute atomic E-state index is 0.0701. The first-order valence-corrected chi connectivity index (χ1v) is 7.85. The van der Waals surface area contributed by atoms with Crippen molar-refractivity contribution in [2.45, 2.75) is 52.4 Å². The molecule has 2 heterocycles. The van der Waals surface area contributed by atoms with Crippen LogP contribution in [0.5, 0.6) is 0 Å². The fraction of sp³-hybridized carbons (Fsp3) is 0.533. The van der Waals surface area contributed by atoms with Crippen LogP contribution in [0.3, 0.4) is 0 Å². The molecule has 5 heteroatoms. The monoisotopic (exact) mass is 294 g/mol. The number of H-pyrrole nitrogens is 1. The van der Waals surface area contributed by atoms with Crippen LogP contribution in [0.1, 0.15) is 43.9 Å². The van der Waals surface area contributed by atoms with Gasteiger partial charge in [0.25, 0.3) is 0 Å². The average Bonchev–Trinajstić information content (AvgIpc) is 3.05. The van der Waals surface area contributed by atoms with E-state index in [1.165, 1.54) is 10.4 Å². The Morgan fingerprint density at radius 2 is 2.15 bits per heavy atom. The molecule has 0 aliphatic carbocycles. The molecule has 0 fully saturated rings. The van der Waals surface area contributed by atoms with Crippen LogP contribution in [0, 0.1) is 0 Å². The molecule has 0 spiro atoms. The number of nitrogens with one attached hydrogen (secondary N) is 3. The number of hydrogen-bond donors (Lipinski definition) is 2. The summed E-state index contributed by atoms with van der Waals surface area (Å²) in [5.41, 5.74) is 1.25. The Bertz CT molecular complexity index is 517. The zero-order valence-corrected chi connectivity index (χ0v) is 13.4. The van der Waals surface area contributed by atoms with Crippen LogP contribution < -0.4 is 15.6 Å². The second-order valence-corrected chi connectivity index (χ2v) is 6.82. The van der Waals surface area contributed by atoms with Crippen molar-refractivity contribution in [2.24, 2.45) is 0 Å². The van der Waals surface area contributed by atoms with Crippen LogP contribution in [0.25, 0.3) is 0 Å². The van der Waals surface area contributed by atoms with Gasteiger partial charge in [0.2, 0.25) is 6.20 Å². The van der Waals surface area contributed by atoms with E-state index in [4.69, 9.17) is 4.42 Å². The number of rotatable bonds is 7. The molecule has 20 heavy (non-hydrogen) atoms. The van der Waals surface area contributed by atoms with Gasteiger partial charge in [-0.15, -0.1) is 11.3 Å². The lowest BCUT2D eigenvalue weighted by molar-refractivity contribution is -0.383. The van der Waals surface area contributed by atoms with Crippen LogP contribution in [-0.4, -0.2) is 6.04 Å². The SMILES string of the molecule is CC(C)NCc1cc(C(C)(C)NCc2c[nH+]co2)cs1. The van der Waals surface area contributed by atoms with E-state index in [9.17, 15) is 0 Å². The Hall–Kier alpha value is -1.17. The van der Waals surface area contributed by atoms with Gasteiger partial charge < -0.3 is 15.1 Å². The lowest BCUT2D eigenvalue weighted by Gasteiger charge is -2.24. The smallest absolute Gasteiger partial charge is 0.332 e. The molecule has 0 unspecified atom stereocenters. The molecule has 2 aromatic rings. The number of hydrogen-bond acceptors (Lipinski definition) is 4. The van der Waals surface area contributed by atoms with E-state index >= 15 is 0 Å². The molecule has 0 radical (unpaired) electrons. The van der Waals surface area contributed by atoms with Crippen molar-refractivity contribution in [3.8, 4) is 0 Å². The van der Waals surface area contributed by atoms with Crippen molar-refractivity contribution >= 4 is 11.3 Å². The molecule has 0 aromatic carbocycles. The van der Waals surface area contributed by atoms with E-state index in [2.05, 4.69) is 54.8 Å². The molecular weight excluding hydrogens is 270 g/mol. The van der Waals surface area contributed by atoms with Crippen LogP contribution in [0.2, 0.25) is 0 Å². The van der Waals surface area contributed by atoms with Crippen molar-refractivity contribution in [1.82, 2.24) is 10.6 Å². The Balaban J connectivity index is 1.94. The number of aromatic amines is 1. The van der Waals surface area contributed by atoms with Crippen LogP contribution in [-0.2, 0) is 18.6 Å². The molecule has 2 rings (SSSR count). The maximum Gasteiger partial charge on any atom is 0.332 e. The van der Waals surface area contributed by atoms with Gasteiger partial charge in [0, 0.05) is 23.0 Å². The standard InChI is InChI=1S/C15H23N3OS/c1-11(2)17-8-14-5-12(9-20-14)15(3,4)18-7-13-6-16-10-19-13/h5-6,9-11,17-18H,7-8H2,1-4H3/p+1. The van der Waals surface area contributed by atoms with Crippen molar-refractivity contribution in [2.75, 3.05) is 0 Å². The molecule has 4 nitrogen and oxygen atoms in total. The summed E-state index contributed by atoms with van der Waals surface area (Å²) in [5.74, 6) is 0.912. The topological polar surface area (TPSA) is 51.3 Å². The van der Waals surface area contributed by atoms with Crippen molar-refractivity contribution < 1.29 is 9.40 Å². The van der Waals surface area contributed by atoms with Gasteiger partial charge in [-0.2, -0.15) is 4.98 Å². The van der Waals surface area contributed by atoms with E-state index in [1.807, 2.05) is 17.5 Å². The highest BCUT2D eigenvalue weighted by Gasteiger charge is 2.22. The lowest BCUT2D eigenvalue weighted by Crippen LogP contribution is -2.35. The first kappa shape index (κ1) is 15.2. The van der Waals surface area contributed by atoms with Gasteiger partial charge in [0.15, 0.2) is 5.76 Å². The van der Waals surface area contributed by atoms with Gasteiger partial charge >= 0.3 is 6.39 Å². The highest BCUT2D eigenvalue weighted by atomic mass is 32.1. The predicted molar refractivity (Wildman–Crippen MR) is 81.4 cm³/mol. The van der Waals surface area contributed by atoms with E-state index in [0.29, 0.717) is 12.6 Å². The quantitative estimate of drug-likeness (QED) is 0.825.